The van der Waals surface area contributed by atoms with E-state index in [1.54, 1.807) is 0 Å². The minimum atomic E-state index is 0.704. The van der Waals surface area contributed by atoms with E-state index in [2.05, 4.69) is 88.8 Å². The van der Waals surface area contributed by atoms with E-state index in [1.165, 1.54) is 10.9 Å². The van der Waals surface area contributed by atoms with Gasteiger partial charge in [0.2, 0.25) is 5.78 Å². The number of fused-ring (bicyclic) bond motifs is 5. The smallest absolute Gasteiger partial charge is 0.220 e. The third-order valence-electron chi connectivity index (χ3n) is 5.67. The molecular weight excluding hydrogens is 390 g/mol. The maximum atomic E-state index is 6.35. The van der Waals surface area contributed by atoms with Crippen molar-refractivity contribution in [1.82, 2.24) is 14.0 Å². The molecule has 0 fully saturated rings. The third-order valence-corrected chi connectivity index (χ3v) is 5.91. The van der Waals surface area contributed by atoms with Gasteiger partial charge < -0.3 is 0 Å². The highest BCUT2D eigenvalue weighted by Crippen LogP contribution is 2.33. The quantitative estimate of drug-likeness (QED) is 0.301. The van der Waals surface area contributed by atoms with Crippen molar-refractivity contribution >= 4 is 39.2 Å². The fourth-order valence-electron chi connectivity index (χ4n) is 4.19. The monoisotopic (exact) mass is 407 g/mol. The zero-order valence-corrected chi connectivity index (χ0v) is 17.1. The van der Waals surface area contributed by atoms with E-state index in [-0.39, 0.29) is 0 Å². The van der Waals surface area contributed by atoms with Crippen LogP contribution in [0.2, 0.25) is 5.02 Å². The zero-order valence-electron chi connectivity index (χ0n) is 16.4. The van der Waals surface area contributed by atoms with E-state index >= 15 is 0 Å². The van der Waals surface area contributed by atoms with Crippen molar-refractivity contribution in [2.75, 3.05) is 0 Å². The number of nitrogens with zero attached hydrogens (tertiary/aromatic N) is 3. The van der Waals surface area contributed by atoms with Gasteiger partial charge in [-0.2, -0.15) is 0 Å². The maximum absolute atomic E-state index is 6.35. The van der Waals surface area contributed by atoms with Crippen molar-refractivity contribution in [3.8, 4) is 16.9 Å². The lowest BCUT2D eigenvalue weighted by Gasteiger charge is -2.10. The van der Waals surface area contributed by atoms with Crippen LogP contribution in [0.5, 0.6) is 0 Å². The van der Waals surface area contributed by atoms with Crippen LogP contribution in [0.1, 0.15) is 5.56 Å². The van der Waals surface area contributed by atoms with Gasteiger partial charge in [0, 0.05) is 22.2 Å². The Hall–Kier alpha value is -3.56. The van der Waals surface area contributed by atoms with Crippen molar-refractivity contribution in [2.45, 2.75) is 6.92 Å². The van der Waals surface area contributed by atoms with Gasteiger partial charge in [0.1, 0.15) is 0 Å². The van der Waals surface area contributed by atoms with Gasteiger partial charge in [-0.3, -0.25) is 8.97 Å². The molecule has 30 heavy (non-hydrogen) atoms. The lowest BCUT2D eigenvalue weighted by Crippen LogP contribution is -1.97. The number of hydrogen-bond donors (Lipinski definition) is 0. The summed E-state index contributed by atoms with van der Waals surface area (Å²) in [5, 5.41) is 3.06. The van der Waals surface area contributed by atoms with E-state index in [4.69, 9.17) is 16.6 Å². The number of aromatic nitrogens is 3. The van der Waals surface area contributed by atoms with Crippen LogP contribution in [0.4, 0.5) is 0 Å². The molecule has 0 aliphatic rings. The number of imidazole rings is 2. The molecule has 144 valence electrons. The van der Waals surface area contributed by atoms with E-state index in [9.17, 15) is 0 Å². The lowest BCUT2D eigenvalue weighted by molar-refractivity contribution is 1.08. The van der Waals surface area contributed by atoms with Crippen LogP contribution in [-0.4, -0.2) is 14.0 Å². The van der Waals surface area contributed by atoms with E-state index < -0.39 is 0 Å². The highest BCUT2D eigenvalue weighted by Gasteiger charge is 2.18. The molecule has 3 nitrogen and oxygen atoms in total. The van der Waals surface area contributed by atoms with Crippen molar-refractivity contribution in [3.63, 3.8) is 0 Å². The molecule has 0 aliphatic carbocycles. The first kappa shape index (κ1) is 17.3. The molecule has 0 amide bonds. The minimum absolute atomic E-state index is 0.704. The number of rotatable bonds is 2. The minimum Gasteiger partial charge on any atom is -0.283 e. The molecule has 0 saturated carbocycles. The molecule has 0 bridgehead atoms. The molecule has 0 aliphatic heterocycles. The second-order valence-corrected chi connectivity index (χ2v) is 8.07. The van der Waals surface area contributed by atoms with Crippen LogP contribution >= 0.6 is 11.6 Å². The van der Waals surface area contributed by atoms with Crippen molar-refractivity contribution in [2.24, 2.45) is 0 Å². The molecule has 2 aromatic heterocycles. The Labute approximate surface area is 178 Å². The van der Waals surface area contributed by atoms with Gasteiger partial charge in [-0.1, -0.05) is 77.8 Å². The lowest BCUT2D eigenvalue weighted by atomic mass is 10.1. The van der Waals surface area contributed by atoms with Crippen molar-refractivity contribution < 1.29 is 0 Å². The first-order valence-corrected chi connectivity index (χ1v) is 10.3. The first-order valence-electron chi connectivity index (χ1n) is 9.93. The Bertz CT molecular complexity index is 1560. The second-order valence-electron chi connectivity index (χ2n) is 7.63. The summed E-state index contributed by atoms with van der Waals surface area (Å²) >= 11 is 6.35. The summed E-state index contributed by atoms with van der Waals surface area (Å²) in [6.07, 6.45) is 2.17. The van der Waals surface area contributed by atoms with Gasteiger partial charge in [0.15, 0.2) is 0 Å². The Morgan fingerprint density at radius 2 is 1.67 bits per heavy atom. The first-order chi connectivity index (χ1) is 14.7. The Kier molecular flexibility index (Phi) is 3.74. The van der Waals surface area contributed by atoms with Crippen LogP contribution < -0.4 is 0 Å². The summed E-state index contributed by atoms with van der Waals surface area (Å²) in [6, 6.07) is 29.2. The molecule has 0 saturated heterocycles. The van der Waals surface area contributed by atoms with Crippen molar-refractivity contribution in [1.29, 1.82) is 0 Å². The predicted molar refractivity (Wildman–Crippen MR) is 125 cm³/mol. The van der Waals surface area contributed by atoms with Crippen LogP contribution in [0.25, 0.3) is 44.5 Å². The van der Waals surface area contributed by atoms with E-state index in [0.717, 1.165) is 39.1 Å². The molecular formula is C26H18ClN3. The number of halogens is 1. The van der Waals surface area contributed by atoms with E-state index in [0.29, 0.717) is 5.02 Å². The predicted octanol–water partition coefficient (Wildman–Crippen LogP) is 7.06. The highest BCUT2D eigenvalue weighted by molar-refractivity contribution is 6.30. The molecule has 0 N–H and O–H groups in total. The second kappa shape index (κ2) is 6.48. The maximum Gasteiger partial charge on any atom is 0.220 e. The molecule has 2 heterocycles. The molecule has 0 radical (unpaired) electrons. The number of aryl methyl sites for hydroxylation is 1. The summed E-state index contributed by atoms with van der Waals surface area (Å²) in [5.41, 5.74) is 6.55. The Morgan fingerprint density at radius 3 is 2.50 bits per heavy atom. The van der Waals surface area contributed by atoms with Crippen LogP contribution in [0.3, 0.4) is 0 Å². The summed E-state index contributed by atoms with van der Waals surface area (Å²) in [7, 11) is 0. The fraction of sp³-hybridized carbons (Fsp3) is 0.0385. The highest BCUT2D eigenvalue weighted by atomic mass is 35.5. The van der Waals surface area contributed by atoms with Crippen molar-refractivity contribution in [3.05, 3.63) is 102 Å². The average Bonchev–Trinajstić information content (AvgIpc) is 3.30. The Morgan fingerprint density at radius 1 is 0.833 bits per heavy atom. The average molecular weight is 408 g/mol. The molecule has 4 heteroatoms. The van der Waals surface area contributed by atoms with E-state index in [1.807, 2.05) is 18.2 Å². The van der Waals surface area contributed by atoms with Gasteiger partial charge in [-0.05, 0) is 36.6 Å². The largest absolute Gasteiger partial charge is 0.283 e. The van der Waals surface area contributed by atoms with Gasteiger partial charge in [-0.15, -0.1) is 0 Å². The molecule has 6 rings (SSSR count). The van der Waals surface area contributed by atoms with Crippen LogP contribution in [0.15, 0.2) is 91.1 Å². The molecule has 0 unspecified atom stereocenters. The molecule has 0 spiro atoms. The van der Waals surface area contributed by atoms with Gasteiger partial charge in [0.05, 0.1) is 22.4 Å². The van der Waals surface area contributed by atoms with Gasteiger partial charge in [0.25, 0.3) is 0 Å². The van der Waals surface area contributed by atoms with Gasteiger partial charge in [-0.25, -0.2) is 4.98 Å². The summed E-state index contributed by atoms with van der Waals surface area (Å²) in [5.74, 6) is 0.874. The fourth-order valence-corrected chi connectivity index (χ4v) is 4.37. The normalized spacial score (nSPS) is 11.7. The topological polar surface area (TPSA) is 22.2 Å². The van der Waals surface area contributed by atoms with Crippen LogP contribution in [0, 0.1) is 6.92 Å². The number of hydrogen-bond acceptors (Lipinski definition) is 1. The number of benzene rings is 4. The third kappa shape index (κ3) is 2.56. The Balaban J connectivity index is 1.74. The van der Waals surface area contributed by atoms with Crippen LogP contribution in [-0.2, 0) is 0 Å². The molecule has 6 aromatic rings. The van der Waals surface area contributed by atoms with Gasteiger partial charge >= 0.3 is 0 Å². The summed E-state index contributed by atoms with van der Waals surface area (Å²) in [4.78, 5) is 5.10. The zero-order chi connectivity index (χ0) is 20.2. The summed E-state index contributed by atoms with van der Waals surface area (Å²) in [6.45, 7) is 2.10. The SMILES string of the molecule is Cc1ccc(-c2cn3c4ccc5ccccc5c4nc3n2-c2cccc(Cl)c2)cc1. The summed E-state index contributed by atoms with van der Waals surface area (Å²) < 4.78 is 4.36. The molecule has 4 aromatic carbocycles. The standard InChI is InChI=1S/C26H18ClN3/c1-17-9-11-19(12-10-17)24-16-29-23-14-13-18-5-2-3-8-22(18)25(23)28-26(29)30(24)21-7-4-6-20(27)15-21/h2-16H,1H3. The molecule has 0 atom stereocenters.